The molecule has 0 aliphatic rings. The van der Waals surface area contributed by atoms with Gasteiger partial charge in [-0.15, -0.1) is 0 Å². The van der Waals surface area contributed by atoms with Crippen molar-refractivity contribution in [3.05, 3.63) is 89.1 Å². The van der Waals surface area contributed by atoms with Gasteiger partial charge in [0, 0.05) is 34.8 Å². The molecule has 3 aromatic carbocycles. The Morgan fingerprint density at radius 2 is 1.46 bits per heavy atom. The molecular formula is C36H41N3O2. The molecule has 0 aliphatic carbocycles. The van der Waals surface area contributed by atoms with E-state index in [0.29, 0.717) is 11.5 Å². The zero-order chi connectivity index (χ0) is 29.7. The number of nitrogens with one attached hydrogen (secondary N) is 1. The number of aromatic nitrogens is 2. The van der Waals surface area contributed by atoms with E-state index in [0.717, 1.165) is 44.7 Å². The molecule has 2 heterocycles. The molecule has 0 aliphatic heterocycles. The monoisotopic (exact) mass is 547 g/mol. The van der Waals surface area contributed by atoms with Crippen LogP contribution in [-0.4, -0.2) is 21.3 Å². The van der Waals surface area contributed by atoms with E-state index in [1.54, 1.807) is 6.21 Å². The summed E-state index contributed by atoms with van der Waals surface area (Å²) in [5, 5.41) is 11.3. The number of hydrogen-bond acceptors (Lipinski definition) is 4. The summed E-state index contributed by atoms with van der Waals surface area (Å²) in [5.41, 5.74) is 8.63. The van der Waals surface area contributed by atoms with Crippen molar-refractivity contribution < 1.29 is 9.52 Å². The molecule has 0 saturated heterocycles. The summed E-state index contributed by atoms with van der Waals surface area (Å²) >= 11 is 0. The highest BCUT2D eigenvalue weighted by Gasteiger charge is 2.25. The van der Waals surface area contributed by atoms with Crippen molar-refractivity contribution in [3.8, 4) is 28.5 Å². The molecule has 5 aromatic rings. The van der Waals surface area contributed by atoms with Crippen LogP contribution in [0.5, 0.6) is 5.75 Å². The normalized spacial score (nSPS) is 13.0. The first-order valence-electron chi connectivity index (χ1n) is 14.2. The Hall–Kier alpha value is -4.12. The third kappa shape index (κ3) is 5.72. The van der Waals surface area contributed by atoms with Crippen LogP contribution in [0.1, 0.15) is 84.6 Å². The zero-order valence-electron chi connectivity index (χ0n) is 25.7. The van der Waals surface area contributed by atoms with Gasteiger partial charge in [-0.05, 0) is 69.8 Å². The molecule has 0 bridgehead atoms. The van der Waals surface area contributed by atoms with E-state index in [1.165, 1.54) is 5.56 Å². The third-order valence-electron chi connectivity index (χ3n) is 7.54. The standard InChI is InChI=1S/C36H41N3O2/c1-34(2,3)23-17-22(32(40)27(19-23)36(7,8)9)21-38-28-14-11-10-13-25(28)33-39-31-26(29-15-12-16-37-29)18-24(35(4,5)6)20-30(31)41-33/h10-21,37,40H,1-9H3. The van der Waals surface area contributed by atoms with Crippen molar-refractivity contribution in [1.82, 2.24) is 9.97 Å². The Morgan fingerprint density at radius 3 is 2.10 bits per heavy atom. The van der Waals surface area contributed by atoms with Gasteiger partial charge in [0.25, 0.3) is 0 Å². The molecule has 2 N–H and O–H groups in total. The minimum Gasteiger partial charge on any atom is -0.507 e. The van der Waals surface area contributed by atoms with Crippen LogP contribution in [0.4, 0.5) is 5.69 Å². The number of H-pyrrole nitrogens is 1. The second-order valence-corrected chi connectivity index (χ2v) is 14.0. The molecule has 0 radical (unpaired) electrons. The molecule has 0 amide bonds. The van der Waals surface area contributed by atoms with Crippen LogP contribution < -0.4 is 0 Å². The van der Waals surface area contributed by atoms with E-state index in [2.05, 4.69) is 91.6 Å². The Balaban J connectivity index is 1.64. The number of rotatable bonds is 4. The second kappa shape index (κ2) is 10.1. The summed E-state index contributed by atoms with van der Waals surface area (Å²) in [7, 11) is 0. The summed E-state index contributed by atoms with van der Waals surface area (Å²) < 4.78 is 6.42. The fourth-order valence-corrected chi connectivity index (χ4v) is 4.95. The molecule has 5 rings (SSSR count). The van der Waals surface area contributed by atoms with Crippen molar-refractivity contribution in [2.75, 3.05) is 0 Å². The van der Waals surface area contributed by atoms with Gasteiger partial charge in [-0.2, -0.15) is 0 Å². The van der Waals surface area contributed by atoms with Gasteiger partial charge in [0.1, 0.15) is 11.3 Å². The van der Waals surface area contributed by atoms with Gasteiger partial charge in [0.2, 0.25) is 5.89 Å². The number of oxazole rings is 1. The minimum absolute atomic E-state index is 0.0554. The van der Waals surface area contributed by atoms with Crippen LogP contribution in [0.2, 0.25) is 0 Å². The highest BCUT2D eigenvalue weighted by Crippen LogP contribution is 2.40. The third-order valence-corrected chi connectivity index (χ3v) is 7.54. The van der Waals surface area contributed by atoms with Gasteiger partial charge in [0.05, 0.1) is 11.3 Å². The summed E-state index contributed by atoms with van der Waals surface area (Å²) in [6.07, 6.45) is 3.68. The number of phenols is 1. The maximum Gasteiger partial charge on any atom is 0.229 e. The van der Waals surface area contributed by atoms with Crippen molar-refractivity contribution >= 4 is 23.0 Å². The van der Waals surface area contributed by atoms with Crippen molar-refractivity contribution in [3.63, 3.8) is 0 Å². The molecule has 212 valence electrons. The number of aromatic hydroxyl groups is 1. The van der Waals surface area contributed by atoms with Gasteiger partial charge in [-0.1, -0.05) is 80.5 Å². The van der Waals surface area contributed by atoms with Gasteiger partial charge in [0.15, 0.2) is 5.58 Å². The lowest BCUT2D eigenvalue weighted by Gasteiger charge is -2.27. The van der Waals surface area contributed by atoms with Crippen molar-refractivity contribution in [2.24, 2.45) is 4.99 Å². The highest BCUT2D eigenvalue weighted by molar-refractivity contribution is 5.93. The number of fused-ring (bicyclic) bond motifs is 1. The number of aromatic amines is 1. The first-order valence-corrected chi connectivity index (χ1v) is 14.2. The fourth-order valence-electron chi connectivity index (χ4n) is 4.95. The molecule has 0 unspecified atom stereocenters. The quantitative estimate of drug-likeness (QED) is 0.220. The van der Waals surface area contributed by atoms with E-state index in [-0.39, 0.29) is 22.0 Å². The average Bonchev–Trinajstić information content (AvgIpc) is 3.56. The molecule has 0 atom stereocenters. The lowest BCUT2D eigenvalue weighted by molar-refractivity contribution is 0.444. The largest absolute Gasteiger partial charge is 0.507 e. The van der Waals surface area contributed by atoms with E-state index in [1.807, 2.05) is 42.6 Å². The number of nitrogens with zero attached hydrogens (tertiary/aromatic N) is 2. The van der Waals surface area contributed by atoms with Crippen molar-refractivity contribution in [2.45, 2.75) is 78.6 Å². The smallest absolute Gasteiger partial charge is 0.229 e. The molecule has 5 nitrogen and oxygen atoms in total. The minimum atomic E-state index is -0.215. The molecule has 0 fully saturated rings. The van der Waals surface area contributed by atoms with E-state index < -0.39 is 0 Å². The lowest BCUT2D eigenvalue weighted by atomic mass is 9.79. The Morgan fingerprint density at radius 1 is 0.780 bits per heavy atom. The Kier molecular flexibility index (Phi) is 6.97. The molecule has 5 heteroatoms. The lowest BCUT2D eigenvalue weighted by Crippen LogP contribution is -2.17. The number of phenolic OH excluding ortho intramolecular Hbond substituents is 1. The van der Waals surface area contributed by atoms with E-state index in [4.69, 9.17) is 14.4 Å². The maximum atomic E-state index is 11.3. The number of aliphatic imine (C=N–C) groups is 1. The Bertz CT molecular complexity index is 1730. The summed E-state index contributed by atoms with van der Waals surface area (Å²) in [6.45, 7) is 19.5. The Labute approximate surface area is 243 Å². The predicted molar refractivity (Wildman–Crippen MR) is 171 cm³/mol. The van der Waals surface area contributed by atoms with E-state index >= 15 is 0 Å². The molecular weight excluding hydrogens is 506 g/mol. The second-order valence-electron chi connectivity index (χ2n) is 14.0. The van der Waals surface area contributed by atoms with Gasteiger partial charge in [-0.3, -0.25) is 4.99 Å². The topological polar surface area (TPSA) is 74.4 Å². The molecule has 41 heavy (non-hydrogen) atoms. The van der Waals surface area contributed by atoms with Crippen molar-refractivity contribution in [1.29, 1.82) is 0 Å². The SMILES string of the molecule is CC(C)(C)c1cc(C=Nc2ccccc2-c2nc3c(-c4ccc[nH]4)cc(C(C)(C)C)cc3o2)c(O)c(C(C)(C)C)c1. The van der Waals surface area contributed by atoms with Gasteiger partial charge in [-0.25, -0.2) is 4.98 Å². The number of para-hydroxylation sites is 1. The van der Waals surface area contributed by atoms with Crippen LogP contribution in [0.15, 0.2) is 76.3 Å². The number of hydrogen-bond donors (Lipinski definition) is 2. The highest BCUT2D eigenvalue weighted by atomic mass is 16.3. The van der Waals surface area contributed by atoms with Crippen LogP contribution in [0, 0.1) is 0 Å². The van der Waals surface area contributed by atoms with Crippen LogP contribution in [0.3, 0.4) is 0 Å². The first-order chi connectivity index (χ1) is 19.1. The average molecular weight is 548 g/mol. The van der Waals surface area contributed by atoms with Crippen LogP contribution in [0.25, 0.3) is 33.8 Å². The van der Waals surface area contributed by atoms with Gasteiger partial charge >= 0.3 is 0 Å². The first kappa shape index (κ1) is 28.4. The van der Waals surface area contributed by atoms with Gasteiger partial charge < -0.3 is 14.5 Å². The van der Waals surface area contributed by atoms with E-state index in [9.17, 15) is 5.11 Å². The van der Waals surface area contributed by atoms with Crippen LogP contribution in [-0.2, 0) is 16.2 Å². The molecule has 0 spiro atoms. The summed E-state index contributed by atoms with van der Waals surface area (Å²) in [4.78, 5) is 13.2. The molecule has 0 saturated carbocycles. The molecule has 2 aromatic heterocycles. The zero-order valence-corrected chi connectivity index (χ0v) is 25.7. The number of benzene rings is 3. The summed E-state index contributed by atoms with van der Waals surface area (Å²) in [6, 6.07) is 20.3. The maximum absolute atomic E-state index is 11.3. The van der Waals surface area contributed by atoms with Crippen LogP contribution >= 0.6 is 0 Å². The fraction of sp³-hybridized carbons (Fsp3) is 0.333. The summed E-state index contributed by atoms with van der Waals surface area (Å²) in [5.74, 6) is 0.772. The predicted octanol–water partition coefficient (Wildman–Crippen LogP) is 9.84.